The number of nitrogens with zero attached hydrogens (tertiary/aromatic N) is 2. The summed E-state index contributed by atoms with van der Waals surface area (Å²) in [6.07, 6.45) is 0.108. The van der Waals surface area contributed by atoms with Crippen LogP contribution in [0, 0.1) is 0 Å². The second-order valence-corrected chi connectivity index (χ2v) is 7.68. The summed E-state index contributed by atoms with van der Waals surface area (Å²) in [4.78, 5) is 36.6. The Kier molecular flexibility index (Phi) is 4.97. The minimum Gasteiger partial charge on any atom is -0.454 e. The lowest BCUT2D eigenvalue weighted by Crippen LogP contribution is -2.25. The van der Waals surface area contributed by atoms with Crippen LogP contribution in [0.5, 0.6) is 11.5 Å². The topological polar surface area (TPSA) is 118 Å². The van der Waals surface area contributed by atoms with Gasteiger partial charge >= 0.3 is 0 Å². The van der Waals surface area contributed by atoms with E-state index in [2.05, 4.69) is 25.6 Å². The van der Waals surface area contributed by atoms with Crippen molar-refractivity contribution in [3.05, 3.63) is 64.9 Å². The van der Waals surface area contributed by atoms with Crippen molar-refractivity contribution in [1.82, 2.24) is 20.3 Å². The first-order chi connectivity index (χ1) is 15.1. The molecule has 3 heterocycles. The van der Waals surface area contributed by atoms with Crippen molar-refractivity contribution in [1.29, 1.82) is 0 Å². The van der Waals surface area contributed by atoms with E-state index < -0.39 is 0 Å². The maximum atomic E-state index is 12.4. The van der Waals surface area contributed by atoms with Gasteiger partial charge in [0.25, 0.3) is 5.91 Å². The number of aromatic amines is 1. The number of fused-ring (bicyclic) bond motifs is 2. The van der Waals surface area contributed by atoms with Crippen LogP contribution < -0.4 is 20.1 Å². The van der Waals surface area contributed by atoms with Crippen LogP contribution in [0.3, 0.4) is 0 Å². The molecule has 1 aliphatic rings. The number of carbonyl (C=O) groups is 2. The van der Waals surface area contributed by atoms with Crippen molar-refractivity contribution < 1.29 is 19.1 Å². The van der Waals surface area contributed by atoms with E-state index >= 15 is 0 Å². The summed E-state index contributed by atoms with van der Waals surface area (Å²) < 4.78 is 10.5. The third-order valence-corrected chi connectivity index (χ3v) is 5.45. The van der Waals surface area contributed by atoms with E-state index in [0.29, 0.717) is 40.3 Å². The molecular formula is C21H17N5O4S. The summed E-state index contributed by atoms with van der Waals surface area (Å²) in [5, 5.41) is 7.73. The first-order valence-corrected chi connectivity index (χ1v) is 10.4. The molecule has 2 aromatic carbocycles. The highest BCUT2D eigenvalue weighted by Crippen LogP contribution is 2.32. The van der Waals surface area contributed by atoms with E-state index in [1.54, 1.807) is 23.6 Å². The molecule has 9 nitrogen and oxygen atoms in total. The summed E-state index contributed by atoms with van der Waals surface area (Å²) in [5.74, 6) is 1.34. The van der Waals surface area contributed by atoms with Gasteiger partial charge in [0.05, 0.1) is 29.7 Å². The number of hydrogen-bond donors (Lipinski definition) is 3. The molecule has 2 amide bonds. The van der Waals surface area contributed by atoms with Crippen LogP contribution in [-0.2, 0) is 17.8 Å². The van der Waals surface area contributed by atoms with Gasteiger partial charge in [-0.15, -0.1) is 11.3 Å². The molecule has 10 heteroatoms. The lowest BCUT2D eigenvalue weighted by Gasteiger charge is -2.03. The van der Waals surface area contributed by atoms with Crippen molar-refractivity contribution in [3.8, 4) is 11.5 Å². The molecule has 156 valence electrons. The van der Waals surface area contributed by atoms with E-state index in [0.717, 1.165) is 11.0 Å². The van der Waals surface area contributed by atoms with Crippen LogP contribution in [0.2, 0.25) is 0 Å². The third-order valence-electron chi connectivity index (χ3n) is 4.64. The van der Waals surface area contributed by atoms with Gasteiger partial charge in [-0.3, -0.25) is 14.9 Å². The number of ether oxygens (including phenoxy) is 2. The average Bonchev–Trinajstić information content (AvgIpc) is 3.50. The number of hydrogen-bond acceptors (Lipinski definition) is 7. The molecule has 0 bridgehead atoms. The number of thiazole rings is 1. The molecule has 1 aliphatic heterocycles. The van der Waals surface area contributed by atoms with Crippen LogP contribution in [0.1, 0.15) is 21.9 Å². The predicted molar refractivity (Wildman–Crippen MR) is 114 cm³/mol. The number of nitrogens with one attached hydrogen (secondary N) is 3. The van der Waals surface area contributed by atoms with Crippen molar-refractivity contribution in [2.75, 3.05) is 12.1 Å². The summed E-state index contributed by atoms with van der Waals surface area (Å²) >= 11 is 1.26. The minimum absolute atomic E-state index is 0.108. The fraction of sp³-hybridized carbons (Fsp3) is 0.143. The van der Waals surface area contributed by atoms with Crippen molar-refractivity contribution in [3.63, 3.8) is 0 Å². The van der Waals surface area contributed by atoms with Crippen molar-refractivity contribution in [2.24, 2.45) is 0 Å². The van der Waals surface area contributed by atoms with Gasteiger partial charge in [0.2, 0.25) is 12.7 Å². The van der Waals surface area contributed by atoms with Gasteiger partial charge in [-0.05, 0) is 30.3 Å². The number of carbonyl (C=O) groups excluding carboxylic acids is 2. The molecule has 0 saturated heterocycles. The van der Waals surface area contributed by atoms with Gasteiger partial charge in [0, 0.05) is 10.9 Å². The molecule has 0 atom stereocenters. The number of aromatic nitrogens is 3. The van der Waals surface area contributed by atoms with Crippen LogP contribution in [0.4, 0.5) is 5.13 Å². The van der Waals surface area contributed by atoms with E-state index in [1.807, 2.05) is 24.3 Å². The maximum Gasteiger partial charge on any atom is 0.257 e. The molecule has 4 aromatic rings. The average molecular weight is 435 g/mol. The molecule has 2 aromatic heterocycles. The van der Waals surface area contributed by atoms with Gasteiger partial charge in [0.1, 0.15) is 5.82 Å². The first-order valence-electron chi connectivity index (χ1n) is 9.50. The number of benzene rings is 2. The Labute approximate surface area is 180 Å². The van der Waals surface area contributed by atoms with E-state index in [4.69, 9.17) is 9.47 Å². The second kappa shape index (κ2) is 8.07. The largest absolute Gasteiger partial charge is 0.454 e. The number of H-pyrrole nitrogens is 1. The summed E-state index contributed by atoms with van der Waals surface area (Å²) in [5.41, 5.74) is 2.79. The third kappa shape index (κ3) is 4.19. The Morgan fingerprint density at radius 3 is 2.87 bits per heavy atom. The monoisotopic (exact) mass is 435 g/mol. The van der Waals surface area contributed by atoms with Gasteiger partial charge in [-0.1, -0.05) is 12.1 Å². The summed E-state index contributed by atoms with van der Waals surface area (Å²) in [6, 6.07) is 12.6. The Bertz CT molecular complexity index is 1250. The summed E-state index contributed by atoms with van der Waals surface area (Å²) in [7, 11) is 0. The highest BCUT2D eigenvalue weighted by atomic mass is 32.1. The number of rotatable bonds is 6. The molecular weight excluding hydrogens is 418 g/mol. The van der Waals surface area contributed by atoms with E-state index in [1.165, 1.54) is 11.3 Å². The molecule has 5 rings (SSSR count). The van der Waals surface area contributed by atoms with E-state index in [-0.39, 0.29) is 25.0 Å². The van der Waals surface area contributed by atoms with E-state index in [9.17, 15) is 9.59 Å². The summed E-state index contributed by atoms with van der Waals surface area (Å²) in [6.45, 7) is 0.444. The molecule has 0 radical (unpaired) electrons. The number of anilines is 1. The molecule has 0 unspecified atom stereocenters. The maximum absolute atomic E-state index is 12.4. The smallest absolute Gasteiger partial charge is 0.257 e. The lowest BCUT2D eigenvalue weighted by molar-refractivity contribution is -0.120. The molecule has 0 spiro atoms. The standard InChI is InChI=1S/C21H17N5O4S/c27-19(22-9-18-24-14-3-1-2-4-15(14)25-18)8-13-10-31-21(23-13)26-20(28)12-5-6-16-17(7-12)30-11-29-16/h1-7,10H,8-9,11H2,(H,22,27)(H,24,25)(H,23,26,28). The lowest BCUT2D eigenvalue weighted by atomic mass is 10.2. The van der Waals surface area contributed by atoms with Gasteiger partial charge in [0.15, 0.2) is 16.6 Å². The van der Waals surface area contributed by atoms with Crippen LogP contribution in [-0.4, -0.2) is 33.6 Å². The van der Waals surface area contributed by atoms with Gasteiger partial charge in [-0.2, -0.15) is 0 Å². The molecule has 0 saturated carbocycles. The molecule has 31 heavy (non-hydrogen) atoms. The van der Waals surface area contributed by atoms with Crippen LogP contribution >= 0.6 is 11.3 Å². The highest BCUT2D eigenvalue weighted by Gasteiger charge is 2.17. The first kappa shape index (κ1) is 19.1. The Hall–Kier alpha value is -3.92. The second-order valence-electron chi connectivity index (χ2n) is 6.82. The molecule has 3 N–H and O–H groups in total. The van der Waals surface area contributed by atoms with Gasteiger partial charge < -0.3 is 19.8 Å². The number of para-hydroxylation sites is 2. The molecule has 0 fully saturated rings. The SMILES string of the molecule is O=C(Cc1csc(NC(=O)c2ccc3c(c2)OCO3)n1)NCc1nc2ccccc2[nH]1. The van der Waals surface area contributed by atoms with Crippen LogP contribution in [0.15, 0.2) is 47.8 Å². The zero-order chi connectivity index (χ0) is 21.2. The number of imidazole rings is 1. The highest BCUT2D eigenvalue weighted by molar-refractivity contribution is 7.14. The number of amides is 2. The van der Waals surface area contributed by atoms with Gasteiger partial charge in [-0.25, -0.2) is 9.97 Å². The normalized spacial score (nSPS) is 12.1. The Morgan fingerprint density at radius 1 is 1.10 bits per heavy atom. The van der Waals surface area contributed by atoms with Crippen molar-refractivity contribution >= 4 is 39.3 Å². The zero-order valence-corrected chi connectivity index (χ0v) is 17.0. The quantitative estimate of drug-likeness (QED) is 0.429. The Balaban J connectivity index is 1.15. The van der Waals surface area contributed by atoms with Crippen molar-refractivity contribution in [2.45, 2.75) is 13.0 Å². The van der Waals surface area contributed by atoms with Crippen LogP contribution in [0.25, 0.3) is 11.0 Å². The zero-order valence-electron chi connectivity index (χ0n) is 16.2. The predicted octanol–water partition coefficient (Wildman–Crippen LogP) is 2.86. The Morgan fingerprint density at radius 2 is 1.97 bits per heavy atom. The fourth-order valence-corrected chi connectivity index (χ4v) is 3.86. The fourth-order valence-electron chi connectivity index (χ4n) is 3.15. The molecule has 0 aliphatic carbocycles. The minimum atomic E-state index is -0.312.